The maximum Gasteiger partial charge on any atom is 0.183 e. The van der Waals surface area contributed by atoms with E-state index in [1.807, 2.05) is 6.92 Å². The Morgan fingerprint density at radius 2 is 1.88 bits per heavy atom. The second kappa shape index (κ2) is 12.4. The van der Waals surface area contributed by atoms with E-state index in [4.69, 9.17) is 4.43 Å². The van der Waals surface area contributed by atoms with Gasteiger partial charge in [0.15, 0.2) is 8.32 Å². The molecule has 0 spiro atoms. The van der Waals surface area contributed by atoms with E-state index >= 15 is 0 Å². The Balaban J connectivity index is 0.00000117. The first kappa shape index (κ1) is 26.0. The molecule has 0 saturated heterocycles. The first-order valence-electron chi connectivity index (χ1n) is 8.62. The molecule has 5 heteroatoms. The summed E-state index contributed by atoms with van der Waals surface area (Å²) in [6.07, 6.45) is 12.1. The fraction of sp³-hybridized carbons (Fsp3) is 0.381. The van der Waals surface area contributed by atoms with E-state index in [0.717, 1.165) is 19.4 Å². The van der Waals surface area contributed by atoms with Crippen molar-refractivity contribution in [1.82, 2.24) is 0 Å². The molecule has 1 aromatic carbocycles. The van der Waals surface area contributed by atoms with Crippen LogP contribution in [0.1, 0.15) is 36.8 Å². The van der Waals surface area contributed by atoms with Crippen LogP contribution in [0.5, 0.6) is 0 Å². The molecule has 0 heterocycles. The first-order valence-corrected chi connectivity index (χ1v) is 13.5. The van der Waals surface area contributed by atoms with Crippen LogP contribution in [0.25, 0.3) is 5.57 Å². The Morgan fingerprint density at radius 3 is 2.46 bits per heavy atom. The quantitative estimate of drug-likeness (QED) is 0.402. The molecule has 140 valence electrons. The zero-order chi connectivity index (χ0) is 17.6. The van der Waals surface area contributed by atoms with Crippen molar-refractivity contribution >= 4 is 17.6 Å². The minimum Gasteiger partial charge on any atom is -1.00 e. The van der Waals surface area contributed by atoms with E-state index in [-0.39, 0.29) is 24.8 Å². The first-order chi connectivity index (χ1) is 11.5. The zero-order valence-corrected chi connectivity index (χ0v) is 21.0. The van der Waals surface area contributed by atoms with E-state index in [9.17, 15) is 0 Å². The van der Waals surface area contributed by atoms with Gasteiger partial charge in [0.25, 0.3) is 0 Å². The van der Waals surface area contributed by atoms with Gasteiger partial charge in [0.05, 0.1) is 0 Å². The van der Waals surface area contributed by atoms with Crippen molar-refractivity contribution in [3.8, 4) is 0 Å². The van der Waals surface area contributed by atoms with E-state index < -0.39 is 8.32 Å². The van der Waals surface area contributed by atoms with Crippen molar-refractivity contribution in [2.45, 2.75) is 45.3 Å². The number of allylic oxidation sites excluding steroid dienone is 5. The normalized spacial score (nSPS) is 17.1. The molecule has 0 aromatic heterocycles. The molecule has 0 amide bonds. The summed E-state index contributed by atoms with van der Waals surface area (Å²) in [6.45, 7) is 9.62. The van der Waals surface area contributed by atoms with E-state index in [1.165, 1.54) is 46.5 Å². The summed E-state index contributed by atoms with van der Waals surface area (Å²) < 4.78 is 8.12. The van der Waals surface area contributed by atoms with Gasteiger partial charge in [0.2, 0.25) is 0 Å². The average Bonchev–Trinajstić information content (AvgIpc) is 3.15. The Bertz CT molecular complexity index is 675. The predicted octanol–water partition coefficient (Wildman–Crippen LogP) is -0.538. The van der Waals surface area contributed by atoms with Crippen LogP contribution in [0.4, 0.5) is 0 Å². The number of benzene rings is 1. The van der Waals surface area contributed by atoms with E-state index in [0.29, 0.717) is 5.92 Å². The van der Waals surface area contributed by atoms with E-state index in [2.05, 4.69) is 71.9 Å². The van der Waals surface area contributed by atoms with Gasteiger partial charge in [0.1, 0.15) is 0 Å². The molecule has 1 atom stereocenters. The molecule has 1 aromatic rings. The predicted molar refractivity (Wildman–Crippen MR) is 103 cm³/mol. The van der Waals surface area contributed by atoms with Crippen LogP contribution < -0.4 is 24.8 Å². The summed E-state index contributed by atoms with van der Waals surface area (Å²) in [5, 5.41) is 0. The maximum absolute atomic E-state index is 6.03. The van der Waals surface area contributed by atoms with E-state index in [1.54, 1.807) is 0 Å². The summed E-state index contributed by atoms with van der Waals surface area (Å²) in [5.74, 6) is 0.415. The zero-order valence-electron chi connectivity index (χ0n) is 16.0. The third-order valence-electron chi connectivity index (χ3n) is 4.02. The van der Waals surface area contributed by atoms with Gasteiger partial charge in [-0.05, 0) is 42.8 Å². The molecular weight excluding hydrogens is 458 g/mol. The van der Waals surface area contributed by atoms with Crippen LogP contribution in [0.2, 0.25) is 19.6 Å². The molecule has 0 fully saturated rings. The molecule has 26 heavy (non-hydrogen) atoms. The topological polar surface area (TPSA) is 9.23 Å². The molecule has 0 aliphatic heterocycles. The van der Waals surface area contributed by atoms with Crippen LogP contribution in [-0.4, -0.2) is 18.6 Å². The Kier molecular flexibility index (Phi) is 12.4. The summed E-state index contributed by atoms with van der Waals surface area (Å²) in [5.41, 5.74) is 5.67. The molecule has 2 aliphatic rings. The van der Waals surface area contributed by atoms with Gasteiger partial charge in [-0.3, -0.25) is 6.08 Å². The van der Waals surface area contributed by atoms with Crippen molar-refractivity contribution in [3.05, 3.63) is 65.3 Å². The van der Waals surface area contributed by atoms with Gasteiger partial charge >= 0.3 is 34.9 Å². The Hall–Kier alpha value is -0.0500. The average molecular weight is 486 g/mol. The van der Waals surface area contributed by atoms with Gasteiger partial charge in [-0.2, -0.15) is 5.57 Å². The Morgan fingerprint density at radius 1 is 1.23 bits per heavy atom. The molecule has 3 rings (SSSR count). The van der Waals surface area contributed by atoms with Gasteiger partial charge in [-0.25, -0.2) is 12.2 Å². The van der Waals surface area contributed by atoms with Gasteiger partial charge in [0, 0.05) is 12.5 Å². The van der Waals surface area contributed by atoms with Gasteiger partial charge < -0.3 is 29.2 Å². The summed E-state index contributed by atoms with van der Waals surface area (Å²) in [6, 6.07) is 8.79. The number of hydrogen-bond acceptors (Lipinski definition) is 1. The van der Waals surface area contributed by atoms with Crippen LogP contribution >= 0.6 is 0 Å². The SMILES string of the molecule is C[CH]=[Zr+2].C[Si](C)(C)OCCC1=CC(C2=[C-]C=CC2)c2ccccc21.[Cl-].[Cl-]. The third kappa shape index (κ3) is 7.52. The fourth-order valence-electron chi connectivity index (χ4n) is 3.04. The summed E-state index contributed by atoms with van der Waals surface area (Å²) in [4.78, 5) is 0. The molecule has 0 bridgehead atoms. The van der Waals surface area contributed by atoms with Crippen molar-refractivity contribution in [1.29, 1.82) is 0 Å². The molecule has 0 N–H and O–H groups in total. The second-order valence-corrected chi connectivity index (χ2v) is 13.0. The van der Waals surface area contributed by atoms with Crippen LogP contribution in [0.3, 0.4) is 0 Å². The number of halogens is 2. The fourth-order valence-corrected chi connectivity index (χ4v) is 3.76. The van der Waals surface area contributed by atoms with Gasteiger partial charge in [-0.1, -0.05) is 36.8 Å². The molecule has 0 radical (unpaired) electrons. The minimum atomic E-state index is -1.42. The van der Waals surface area contributed by atoms with Crippen LogP contribution in [-0.2, 0) is 28.7 Å². The largest absolute Gasteiger partial charge is 1.00 e. The van der Waals surface area contributed by atoms with Gasteiger partial charge in [-0.15, -0.1) is 0 Å². The number of hydrogen-bond donors (Lipinski definition) is 0. The van der Waals surface area contributed by atoms with Crippen LogP contribution in [0.15, 0.2) is 48.1 Å². The maximum atomic E-state index is 6.03. The third-order valence-corrected chi connectivity index (χ3v) is 5.09. The summed E-state index contributed by atoms with van der Waals surface area (Å²) >= 11 is 1.51. The second-order valence-electron chi connectivity index (χ2n) is 7.03. The monoisotopic (exact) mass is 483 g/mol. The standard InChI is InChI=1S/C19H23OSi.C2H4.2ClH.Zr/c1-21(2,3)20-13-12-16-14-19(15-8-4-5-9-15)18-11-7-6-10-17(16)18;1-2;;;/h4-7,10-11,14,19H,8,12-13H2,1-3H3;1H,2H3;2*1H;/q-1;;;;+2/p-2. The van der Waals surface area contributed by atoms with Crippen molar-refractivity contribution in [2.75, 3.05) is 6.61 Å². The van der Waals surface area contributed by atoms with Crippen molar-refractivity contribution in [2.24, 2.45) is 0 Å². The minimum absolute atomic E-state index is 0. The molecule has 0 saturated carbocycles. The van der Waals surface area contributed by atoms with Crippen molar-refractivity contribution in [3.63, 3.8) is 0 Å². The smallest absolute Gasteiger partial charge is 0.183 e. The number of rotatable bonds is 5. The molecular formula is C21H27Cl2OSiZr-. The summed E-state index contributed by atoms with van der Waals surface area (Å²) in [7, 11) is -1.42. The van der Waals surface area contributed by atoms with Crippen LogP contribution in [0, 0.1) is 6.08 Å². The molecule has 1 nitrogen and oxygen atoms in total. The molecule has 1 unspecified atom stereocenters. The molecule has 2 aliphatic carbocycles. The Labute approximate surface area is 187 Å². The number of fused-ring (bicyclic) bond motifs is 1. The van der Waals surface area contributed by atoms with Crippen molar-refractivity contribution < 1.29 is 53.5 Å².